The van der Waals surface area contributed by atoms with Gasteiger partial charge in [0.1, 0.15) is 6.33 Å². The fourth-order valence-electron chi connectivity index (χ4n) is 3.05. The topological polar surface area (TPSA) is 91.2 Å². The summed E-state index contributed by atoms with van der Waals surface area (Å²) in [6, 6.07) is 5.56. The number of likely N-dealkylation sites (tertiary alicyclic amines) is 1. The average Bonchev–Trinajstić information content (AvgIpc) is 3.27. The van der Waals surface area contributed by atoms with Gasteiger partial charge in [-0.2, -0.15) is 5.10 Å². The molecule has 0 bridgehead atoms. The van der Waals surface area contributed by atoms with Crippen LogP contribution in [-0.2, 0) is 0 Å². The molecule has 0 aliphatic carbocycles. The van der Waals surface area contributed by atoms with E-state index in [1.807, 2.05) is 29.3 Å². The molecule has 2 amide bonds. The lowest BCUT2D eigenvalue weighted by molar-refractivity contribution is 0.192. The van der Waals surface area contributed by atoms with Crippen molar-refractivity contribution in [2.24, 2.45) is 0 Å². The first kappa shape index (κ1) is 13.7. The van der Waals surface area contributed by atoms with Crippen LogP contribution < -0.4 is 5.32 Å². The molecule has 8 heteroatoms. The van der Waals surface area contributed by atoms with Crippen molar-refractivity contribution in [1.29, 1.82) is 0 Å². The summed E-state index contributed by atoms with van der Waals surface area (Å²) in [4.78, 5) is 14.4. The molecule has 2 N–H and O–H groups in total. The largest absolute Gasteiger partial charge is 0.324 e. The summed E-state index contributed by atoms with van der Waals surface area (Å²) in [5, 5.41) is 17.9. The van der Waals surface area contributed by atoms with Crippen molar-refractivity contribution in [2.75, 3.05) is 18.4 Å². The van der Waals surface area contributed by atoms with Gasteiger partial charge in [-0.25, -0.2) is 4.79 Å². The summed E-state index contributed by atoms with van der Waals surface area (Å²) < 4.78 is 1.78. The van der Waals surface area contributed by atoms with Crippen LogP contribution in [0, 0.1) is 0 Å². The predicted molar refractivity (Wildman–Crippen MR) is 84.1 cm³/mol. The smallest absolute Gasteiger partial charge is 0.321 e. The first-order chi connectivity index (χ1) is 11.3. The highest BCUT2D eigenvalue weighted by Crippen LogP contribution is 2.26. The fraction of sp³-hybridized carbons (Fsp3) is 0.333. The number of rotatable bonds is 2. The van der Waals surface area contributed by atoms with E-state index in [1.54, 1.807) is 16.9 Å². The van der Waals surface area contributed by atoms with Gasteiger partial charge in [-0.15, -0.1) is 10.2 Å². The minimum atomic E-state index is -0.106. The van der Waals surface area contributed by atoms with Gasteiger partial charge in [0.05, 0.1) is 5.69 Å². The number of hydrogen-bond acceptors (Lipinski definition) is 4. The Morgan fingerprint density at radius 2 is 2.35 bits per heavy atom. The lowest BCUT2D eigenvalue weighted by Gasteiger charge is -2.32. The minimum Gasteiger partial charge on any atom is -0.324 e. The van der Waals surface area contributed by atoms with E-state index in [4.69, 9.17) is 0 Å². The second kappa shape index (κ2) is 5.71. The van der Waals surface area contributed by atoms with Crippen LogP contribution in [0.3, 0.4) is 0 Å². The number of fused-ring (bicyclic) bond motifs is 1. The van der Waals surface area contributed by atoms with Crippen molar-refractivity contribution >= 4 is 17.4 Å². The second-order valence-electron chi connectivity index (χ2n) is 5.71. The van der Waals surface area contributed by atoms with Crippen molar-refractivity contribution in [3.8, 4) is 0 Å². The number of nitrogens with zero attached hydrogens (tertiary/aromatic N) is 5. The summed E-state index contributed by atoms with van der Waals surface area (Å²) in [5.74, 6) is 0.306. The maximum atomic E-state index is 12.6. The van der Waals surface area contributed by atoms with Gasteiger partial charge in [-0.1, -0.05) is 0 Å². The summed E-state index contributed by atoms with van der Waals surface area (Å²) in [7, 11) is 0. The highest BCUT2D eigenvalue weighted by Gasteiger charge is 2.25. The van der Waals surface area contributed by atoms with Crippen LogP contribution in [0.4, 0.5) is 10.5 Å². The molecule has 23 heavy (non-hydrogen) atoms. The van der Waals surface area contributed by atoms with Crippen molar-refractivity contribution < 1.29 is 4.79 Å². The molecule has 0 saturated carbocycles. The molecule has 4 heterocycles. The van der Waals surface area contributed by atoms with E-state index in [9.17, 15) is 4.79 Å². The van der Waals surface area contributed by atoms with Crippen LogP contribution in [0.15, 0.2) is 36.9 Å². The van der Waals surface area contributed by atoms with E-state index in [0.717, 1.165) is 25.1 Å². The molecule has 1 atom stereocenters. The maximum absolute atomic E-state index is 12.6. The number of urea groups is 1. The van der Waals surface area contributed by atoms with Crippen molar-refractivity contribution in [3.63, 3.8) is 0 Å². The summed E-state index contributed by atoms with van der Waals surface area (Å²) >= 11 is 0. The standard InChI is InChI=1S/C15H17N7O/c23-15(18-13-4-2-8-22-10-17-20-14(13)22)21-7-1-3-11(9-21)12-5-6-16-19-12/h2,4-6,8,10-11H,1,3,7,9H2,(H,16,19)(H,18,23)/t11-/m0/s1. The molecule has 1 aliphatic heterocycles. The fourth-order valence-corrected chi connectivity index (χ4v) is 3.05. The van der Waals surface area contributed by atoms with E-state index in [0.29, 0.717) is 23.8 Å². The Kier molecular flexibility index (Phi) is 3.41. The maximum Gasteiger partial charge on any atom is 0.321 e. The lowest BCUT2D eigenvalue weighted by atomic mass is 9.95. The van der Waals surface area contributed by atoms with Gasteiger partial charge in [0.15, 0.2) is 5.65 Å². The Bertz CT molecular complexity index is 810. The normalized spacial score (nSPS) is 18.3. The van der Waals surface area contributed by atoms with Crippen LogP contribution in [-0.4, -0.2) is 48.8 Å². The molecule has 118 valence electrons. The van der Waals surface area contributed by atoms with Crippen LogP contribution in [0.2, 0.25) is 0 Å². The zero-order valence-corrected chi connectivity index (χ0v) is 12.5. The van der Waals surface area contributed by atoms with Gasteiger partial charge in [0.25, 0.3) is 0 Å². The number of carbonyl (C=O) groups is 1. The van der Waals surface area contributed by atoms with Crippen LogP contribution >= 0.6 is 0 Å². The molecule has 1 aliphatic rings. The van der Waals surface area contributed by atoms with Crippen LogP contribution in [0.5, 0.6) is 0 Å². The Balaban J connectivity index is 1.49. The molecular formula is C15H17N7O. The molecule has 3 aromatic heterocycles. The summed E-state index contributed by atoms with van der Waals surface area (Å²) in [5.41, 5.74) is 2.39. The number of anilines is 1. The summed E-state index contributed by atoms with van der Waals surface area (Å²) in [6.45, 7) is 1.44. The van der Waals surface area contributed by atoms with Crippen molar-refractivity contribution in [2.45, 2.75) is 18.8 Å². The van der Waals surface area contributed by atoms with E-state index in [2.05, 4.69) is 25.7 Å². The molecule has 1 fully saturated rings. The van der Waals surface area contributed by atoms with Crippen molar-refractivity contribution in [3.05, 3.63) is 42.6 Å². The molecule has 4 rings (SSSR count). The predicted octanol–water partition coefficient (Wildman–Crippen LogP) is 1.86. The van der Waals surface area contributed by atoms with Gasteiger partial charge in [-0.05, 0) is 31.0 Å². The Hall–Kier alpha value is -2.90. The SMILES string of the molecule is O=C(Nc1cccn2cnnc12)N1CCC[C@H](c2ccn[nH]2)C1. The zero-order chi connectivity index (χ0) is 15.6. The van der Waals surface area contributed by atoms with Gasteiger partial charge in [0.2, 0.25) is 0 Å². The average molecular weight is 311 g/mol. The number of carbonyl (C=O) groups excluding carboxylic acids is 1. The number of piperidine rings is 1. The molecule has 0 spiro atoms. The van der Waals surface area contributed by atoms with E-state index in [1.165, 1.54) is 0 Å². The third-order valence-electron chi connectivity index (χ3n) is 4.24. The Morgan fingerprint density at radius 1 is 1.39 bits per heavy atom. The third kappa shape index (κ3) is 2.63. The minimum absolute atomic E-state index is 0.106. The van der Waals surface area contributed by atoms with Gasteiger partial charge in [-0.3, -0.25) is 9.50 Å². The monoisotopic (exact) mass is 311 g/mol. The Labute approximate surface area is 132 Å². The zero-order valence-electron chi connectivity index (χ0n) is 12.5. The molecule has 8 nitrogen and oxygen atoms in total. The van der Waals surface area contributed by atoms with Gasteiger partial charge < -0.3 is 10.2 Å². The Morgan fingerprint density at radius 3 is 3.22 bits per heavy atom. The number of aromatic nitrogens is 5. The third-order valence-corrected chi connectivity index (χ3v) is 4.24. The number of H-pyrrole nitrogens is 1. The number of nitrogens with one attached hydrogen (secondary N) is 2. The molecule has 0 unspecified atom stereocenters. The van der Waals surface area contributed by atoms with Crippen molar-refractivity contribution in [1.82, 2.24) is 29.7 Å². The highest BCUT2D eigenvalue weighted by molar-refractivity contribution is 5.93. The highest BCUT2D eigenvalue weighted by atomic mass is 16.2. The summed E-state index contributed by atoms with van der Waals surface area (Å²) in [6.07, 6.45) is 7.25. The number of amides is 2. The van der Waals surface area contributed by atoms with Gasteiger partial charge >= 0.3 is 6.03 Å². The quantitative estimate of drug-likeness (QED) is 0.756. The first-order valence-corrected chi connectivity index (χ1v) is 7.65. The first-order valence-electron chi connectivity index (χ1n) is 7.65. The van der Waals surface area contributed by atoms with Crippen LogP contribution in [0.1, 0.15) is 24.5 Å². The molecule has 3 aromatic rings. The molecule has 0 radical (unpaired) electrons. The number of aromatic amines is 1. The van der Waals surface area contributed by atoms with E-state index >= 15 is 0 Å². The van der Waals surface area contributed by atoms with Crippen LogP contribution in [0.25, 0.3) is 5.65 Å². The number of pyridine rings is 1. The van der Waals surface area contributed by atoms with E-state index < -0.39 is 0 Å². The second-order valence-corrected chi connectivity index (χ2v) is 5.71. The lowest BCUT2D eigenvalue weighted by Crippen LogP contribution is -2.41. The molecular weight excluding hydrogens is 294 g/mol. The number of hydrogen-bond donors (Lipinski definition) is 2. The molecule has 1 saturated heterocycles. The van der Waals surface area contributed by atoms with E-state index in [-0.39, 0.29) is 6.03 Å². The van der Waals surface area contributed by atoms with Gasteiger partial charge in [0, 0.05) is 37.1 Å². The molecule has 0 aromatic carbocycles.